The fourth-order valence-corrected chi connectivity index (χ4v) is 1.84. The molecular formula is C16H24N2O4. The summed E-state index contributed by atoms with van der Waals surface area (Å²) < 4.78 is 15.8. The van der Waals surface area contributed by atoms with E-state index in [1.165, 1.54) is 0 Å². The van der Waals surface area contributed by atoms with Gasteiger partial charge in [0.1, 0.15) is 18.0 Å². The minimum absolute atomic E-state index is 0.391. The number of ether oxygens (including phenoxy) is 3. The van der Waals surface area contributed by atoms with Gasteiger partial charge >= 0.3 is 6.09 Å². The highest BCUT2D eigenvalue weighted by atomic mass is 16.6. The Hall–Kier alpha value is -1.95. The summed E-state index contributed by atoms with van der Waals surface area (Å²) in [7, 11) is 0. The Morgan fingerprint density at radius 1 is 1.27 bits per heavy atom. The number of carbonyl (C=O) groups excluding carboxylic acids is 1. The summed E-state index contributed by atoms with van der Waals surface area (Å²) in [6, 6.07) is 8.14. The maximum absolute atomic E-state index is 11.4. The third-order valence-corrected chi connectivity index (χ3v) is 2.90. The SMILES string of the molecule is CC(C)(C)OC(=O)NCCOc1ccc(NC2COC2)cc1. The van der Waals surface area contributed by atoms with E-state index in [0.717, 1.165) is 24.7 Å². The fourth-order valence-electron chi connectivity index (χ4n) is 1.84. The van der Waals surface area contributed by atoms with Gasteiger partial charge in [0.15, 0.2) is 0 Å². The Morgan fingerprint density at radius 3 is 2.50 bits per heavy atom. The van der Waals surface area contributed by atoms with Gasteiger partial charge < -0.3 is 24.8 Å². The van der Waals surface area contributed by atoms with Crippen LogP contribution in [0.4, 0.5) is 10.5 Å². The van der Waals surface area contributed by atoms with E-state index in [2.05, 4.69) is 10.6 Å². The van der Waals surface area contributed by atoms with Crippen LogP contribution in [0.15, 0.2) is 24.3 Å². The molecule has 0 bridgehead atoms. The summed E-state index contributed by atoms with van der Waals surface area (Å²) in [5.41, 5.74) is 0.562. The predicted octanol–water partition coefficient (Wildman–Crippen LogP) is 2.40. The average molecular weight is 308 g/mol. The Kier molecular flexibility index (Phi) is 5.49. The molecular weight excluding hydrogens is 284 g/mol. The van der Waals surface area contributed by atoms with Crippen LogP contribution in [-0.2, 0) is 9.47 Å². The molecule has 1 amide bonds. The van der Waals surface area contributed by atoms with Crippen LogP contribution in [0.25, 0.3) is 0 Å². The quantitative estimate of drug-likeness (QED) is 0.790. The summed E-state index contributed by atoms with van der Waals surface area (Å²) >= 11 is 0. The molecule has 0 aliphatic carbocycles. The molecule has 1 aromatic carbocycles. The third-order valence-electron chi connectivity index (χ3n) is 2.90. The lowest BCUT2D eigenvalue weighted by Gasteiger charge is -2.27. The molecule has 0 unspecified atom stereocenters. The number of anilines is 1. The van der Waals surface area contributed by atoms with Crippen molar-refractivity contribution in [3.63, 3.8) is 0 Å². The van der Waals surface area contributed by atoms with E-state index in [4.69, 9.17) is 14.2 Å². The van der Waals surface area contributed by atoms with Gasteiger partial charge in [0, 0.05) is 5.69 Å². The molecule has 1 aliphatic rings. The zero-order valence-electron chi connectivity index (χ0n) is 13.3. The standard InChI is InChI=1S/C16H24N2O4/c1-16(2,3)22-15(19)17-8-9-21-14-6-4-12(5-7-14)18-13-10-20-11-13/h4-7,13,18H,8-11H2,1-3H3,(H,17,19). The first-order valence-electron chi connectivity index (χ1n) is 7.46. The van der Waals surface area contributed by atoms with Crippen molar-refractivity contribution in [2.24, 2.45) is 0 Å². The Morgan fingerprint density at radius 2 is 1.95 bits per heavy atom. The lowest BCUT2D eigenvalue weighted by molar-refractivity contribution is 0.0211. The van der Waals surface area contributed by atoms with Crippen molar-refractivity contribution < 1.29 is 19.0 Å². The molecule has 2 rings (SSSR count). The van der Waals surface area contributed by atoms with Crippen LogP contribution >= 0.6 is 0 Å². The summed E-state index contributed by atoms with van der Waals surface area (Å²) in [5, 5.41) is 6.01. The van der Waals surface area contributed by atoms with Gasteiger partial charge in [-0.1, -0.05) is 0 Å². The van der Waals surface area contributed by atoms with Crippen LogP contribution in [-0.4, -0.2) is 44.1 Å². The van der Waals surface area contributed by atoms with Crippen LogP contribution in [0, 0.1) is 0 Å². The molecule has 1 aromatic rings. The number of benzene rings is 1. The summed E-state index contributed by atoms with van der Waals surface area (Å²) in [6.07, 6.45) is -0.432. The number of alkyl carbamates (subject to hydrolysis) is 1. The normalized spacial score (nSPS) is 14.9. The van der Waals surface area contributed by atoms with Crippen molar-refractivity contribution in [2.45, 2.75) is 32.4 Å². The van der Waals surface area contributed by atoms with Gasteiger partial charge in [0.05, 0.1) is 25.8 Å². The van der Waals surface area contributed by atoms with Crippen molar-refractivity contribution in [2.75, 3.05) is 31.7 Å². The highest BCUT2D eigenvalue weighted by molar-refractivity contribution is 5.67. The van der Waals surface area contributed by atoms with E-state index >= 15 is 0 Å². The van der Waals surface area contributed by atoms with Gasteiger partial charge in [-0.3, -0.25) is 0 Å². The Labute approximate surface area is 131 Å². The molecule has 1 fully saturated rings. The van der Waals surface area contributed by atoms with E-state index in [9.17, 15) is 4.79 Å². The van der Waals surface area contributed by atoms with Crippen LogP contribution in [0.2, 0.25) is 0 Å². The minimum Gasteiger partial charge on any atom is -0.492 e. The number of carbonyl (C=O) groups is 1. The number of amides is 1. The number of rotatable bonds is 6. The lowest BCUT2D eigenvalue weighted by Crippen LogP contribution is -2.40. The number of hydrogen-bond acceptors (Lipinski definition) is 5. The van der Waals surface area contributed by atoms with Crippen molar-refractivity contribution in [3.05, 3.63) is 24.3 Å². The number of nitrogens with one attached hydrogen (secondary N) is 2. The maximum atomic E-state index is 11.4. The largest absolute Gasteiger partial charge is 0.492 e. The van der Waals surface area contributed by atoms with Crippen molar-refractivity contribution in [1.29, 1.82) is 0 Å². The molecule has 6 heteroatoms. The molecule has 1 heterocycles. The monoisotopic (exact) mass is 308 g/mol. The minimum atomic E-state index is -0.487. The Bertz CT molecular complexity index is 478. The van der Waals surface area contributed by atoms with E-state index in [0.29, 0.717) is 19.2 Å². The van der Waals surface area contributed by atoms with Crippen molar-refractivity contribution >= 4 is 11.8 Å². The predicted molar refractivity (Wildman–Crippen MR) is 84.4 cm³/mol. The first-order valence-corrected chi connectivity index (χ1v) is 7.46. The second-order valence-electron chi connectivity index (χ2n) is 6.18. The van der Waals surface area contributed by atoms with Gasteiger partial charge in [0.2, 0.25) is 0 Å². The smallest absolute Gasteiger partial charge is 0.407 e. The molecule has 1 saturated heterocycles. The molecule has 1 aliphatic heterocycles. The second-order valence-corrected chi connectivity index (χ2v) is 6.18. The first kappa shape index (κ1) is 16.4. The summed E-state index contributed by atoms with van der Waals surface area (Å²) in [4.78, 5) is 11.4. The molecule has 122 valence electrons. The van der Waals surface area contributed by atoms with Gasteiger partial charge in [-0.25, -0.2) is 4.79 Å². The van der Waals surface area contributed by atoms with Crippen LogP contribution in [0.5, 0.6) is 5.75 Å². The molecule has 0 aromatic heterocycles. The number of hydrogen-bond donors (Lipinski definition) is 2. The highest BCUT2D eigenvalue weighted by Crippen LogP contribution is 2.17. The maximum Gasteiger partial charge on any atom is 0.407 e. The van der Waals surface area contributed by atoms with Crippen LogP contribution in [0.3, 0.4) is 0 Å². The third kappa shape index (κ3) is 5.81. The average Bonchev–Trinajstić information content (AvgIpc) is 2.38. The molecule has 6 nitrogen and oxygen atoms in total. The van der Waals surface area contributed by atoms with E-state index in [-0.39, 0.29) is 0 Å². The van der Waals surface area contributed by atoms with Gasteiger partial charge in [-0.15, -0.1) is 0 Å². The molecule has 0 atom stereocenters. The van der Waals surface area contributed by atoms with Crippen LogP contribution in [0.1, 0.15) is 20.8 Å². The molecule has 0 spiro atoms. The van der Waals surface area contributed by atoms with E-state index in [1.54, 1.807) is 0 Å². The van der Waals surface area contributed by atoms with Gasteiger partial charge in [0.25, 0.3) is 0 Å². The zero-order valence-corrected chi connectivity index (χ0v) is 13.3. The molecule has 2 N–H and O–H groups in total. The first-order chi connectivity index (χ1) is 10.4. The fraction of sp³-hybridized carbons (Fsp3) is 0.562. The van der Waals surface area contributed by atoms with Crippen molar-refractivity contribution in [3.8, 4) is 5.75 Å². The molecule has 0 saturated carbocycles. The zero-order chi connectivity index (χ0) is 16.0. The van der Waals surface area contributed by atoms with Crippen LogP contribution < -0.4 is 15.4 Å². The van der Waals surface area contributed by atoms with Gasteiger partial charge in [-0.2, -0.15) is 0 Å². The highest BCUT2D eigenvalue weighted by Gasteiger charge is 2.17. The molecule has 22 heavy (non-hydrogen) atoms. The van der Waals surface area contributed by atoms with E-state index in [1.807, 2.05) is 45.0 Å². The van der Waals surface area contributed by atoms with E-state index < -0.39 is 11.7 Å². The van der Waals surface area contributed by atoms with Crippen molar-refractivity contribution in [1.82, 2.24) is 5.32 Å². The summed E-state index contributed by atoms with van der Waals surface area (Å²) in [6.45, 7) is 7.79. The summed E-state index contributed by atoms with van der Waals surface area (Å²) in [5.74, 6) is 0.765. The lowest BCUT2D eigenvalue weighted by atomic mass is 10.2. The molecule has 0 radical (unpaired) electrons. The topological polar surface area (TPSA) is 68.8 Å². The van der Waals surface area contributed by atoms with Gasteiger partial charge in [-0.05, 0) is 45.0 Å². The Balaban J connectivity index is 1.63. The second kappa shape index (κ2) is 7.35.